The Bertz CT molecular complexity index is 720. The molecule has 7 nitrogen and oxygen atoms in total. The number of imidazole rings is 1. The normalized spacial score (nSPS) is 18.6. The van der Waals surface area contributed by atoms with Gasteiger partial charge in [-0.3, -0.25) is 0 Å². The maximum atomic E-state index is 12.2. The molecule has 1 saturated heterocycles. The highest BCUT2D eigenvalue weighted by Crippen LogP contribution is 2.28. The van der Waals surface area contributed by atoms with Crippen molar-refractivity contribution in [2.24, 2.45) is 0 Å². The van der Waals surface area contributed by atoms with Crippen LogP contribution in [0.5, 0.6) is 0 Å². The molecule has 23 heavy (non-hydrogen) atoms. The fraction of sp³-hybridized carbons (Fsp3) is 0.562. The Kier molecular flexibility index (Phi) is 3.97. The first kappa shape index (κ1) is 15.7. The summed E-state index contributed by atoms with van der Waals surface area (Å²) in [5, 5.41) is 9.59. The van der Waals surface area contributed by atoms with Crippen LogP contribution in [0.4, 0.5) is 4.79 Å². The monoisotopic (exact) mass is 318 g/mol. The summed E-state index contributed by atoms with van der Waals surface area (Å²) in [4.78, 5) is 22.7. The van der Waals surface area contributed by atoms with E-state index >= 15 is 0 Å². The van der Waals surface area contributed by atoms with Crippen molar-refractivity contribution < 1.29 is 14.6 Å². The van der Waals surface area contributed by atoms with Gasteiger partial charge in [-0.05, 0) is 39.3 Å². The summed E-state index contributed by atoms with van der Waals surface area (Å²) in [7, 11) is 0. The highest BCUT2D eigenvalue weighted by Gasteiger charge is 2.32. The van der Waals surface area contributed by atoms with Crippen molar-refractivity contribution in [1.82, 2.24) is 19.4 Å². The minimum atomic E-state index is -0.505. The predicted octanol–water partition coefficient (Wildman–Crippen LogP) is 2.11. The van der Waals surface area contributed by atoms with Gasteiger partial charge in [-0.2, -0.15) is 0 Å². The number of aliphatic hydroxyl groups excluding tert-OH is 1. The number of carbonyl (C=O) groups excluding carboxylic acids is 1. The minimum Gasteiger partial charge on any atom is -0.444 e. The van der Waals surface area contributed by atoms with Crippen molar-refractivity contribution in [2.75, 3.05) is 13.1 Å². The molecule has 0 aromatic carbocycles. The summed E-state index contributed by atoms with van der Waals surface area (Å²) in [6.45, 7) is 6.57. The van der Waals surface area contributed by atoms with E-state index in [0.717, 1.165) is 17.6 Å². The second-order valence-electron chi connectivity index (χ2n) is 6.77. The zero-order valence-electron chi connectivity index (χ0n) is 13.7. The van der Waals surface area contributed by atoms with Crippen LogP contribution in [0.1, 0.15) is 39.1 Å². The number of aromatic nitrogens is 3. The second-order valence-corrected chi connectivity index (χ2v) is 6.77. The lowest BCUT2D eigenvalue weighted by molar-refractivity contribution is 0.0289. The average molecular weight is 318 g/mol. The highest BCUT2D eigenvalue weighted by atomic mass is 16.6. The molecule has 0 aliphatic carbocycles. The van der Waals surface area contributed by atoms with Gasteiger partial charge in [0.2, 0.25) is 0 Å². The first-order valence-corrected chi connectivity index (χ1v) is 7.79. The number of carbonyl (C=O) groups is 1. The topological polar surface area (TPSA) is 80.5 Å². The Morgan fingerprint density at radius 2 is 2.26 bits per heavy atom. The number of nitrogens with zero attached hydrogens (tertiary/aromatic N) is 4. The van der Waals surface area contributed by atoms with Crippen LogP contribution < -0.4 is 0 Å². The first-order valence-electron chi connectivity index (χ1n) is 7.79. The van der Waals surface area contributed by atoms with Gasteiger partial charge in [0.05, 0.1) is 6.04 Å². The Morgan fingerprint density at radius 3 is 2.96 bits per heavy atom. The van der Waals surface area contributed by atoms with Crippen molar-refractivity contribution in [1.29, 1.82) is 0 Å². The molecule has 1 N–H and O–H groups in total. The fourth-order valence-electron chi connectivity index (χ4n) is 2.92. The fourth-order valence-corrected chi connectivity index (χ4v) is 2.92. The zero-order chi connectivity index (χ0) is 16.6. The molecular weight excluding hydrogens is 296 g/mol. The number of rotatable bonds is 2. The number of ether oxygens (including phenoxy) is 1. The van der Waals surface area contributed by atoms with Gasteiger partial charge in [0.25, 0.3) is 0 Å². The molecule has 0 bridgehead atoms. The standard InChI is InChI=1S/C16H22N4O3/c1-16(2,3)23-15(22)19-8-6-11(9-19)20-13(10-21)18-12-5-4-7-17-14(12)20/h4-5,7,11,21H,6,8-10H2,1-3H3. The van der Waals surface area contributed by atoms with Gasteiger partial charge < -0.3 is 19.3 Å². The van der Waals surface area contributed by atoms with Gasteiger partial charge in [-0.1, -0.05) is 0 Å². The van der Waals surface area contributed by atoms with E-state index < -0.39 is 5.60 Å². The van der Waals surface area contributed by atoms with Crippen LogP contribution in [0.2, 0.25) is 0 Å². The van der Waals surface area contributed by atoms with Crippen LogP contribution in [-0.4, -0.2) is 49.3 Å². The number of fused-ring (bicyclic) bond motifs is 1. The molecule has 2 aromatic heterocycles. The maximum Gasteiger partial charge on any atom is 0.410 e. The van der Waals surface area contributed by atoms with Crippen molar-refractivity contribution in [2.45, 2.75) is 45.4 Å². The Hall–Kier alpha value is -2.15. The van der Waals surface area contributed by atoms with Crippen LogP contribution in [-0.2, 0) is 11.3 Å². The van der Waals surface area contributed by atoms with Crippen LogP contribution in [0, 0.1) is 0 Å². The van der Waals surface area contributed by atoms with Crippen LogP contribution in [0.25, 0.3) is 11.2 Å². The molecule has 1 unspecified atom stereocenters. The number of amides is 1. The molecule has 0 saturated carbocycles. The Labute approximate surface area is 134 Å². The van der Waals surface area contributed by atoms with Crippen LogP contribution in [0.15, 0.2) is 18.3 Å². The number of pyridine rings is 1. The number of hydrogen-bond donors (Lipinski definition) is 1. The summed E-state index contributed by atoms with van der Waals surface area (Å²) in [5.41, 5.74) is 0.995. The van der Waals surface area contributed by atoms with E-state index in [-0.39, 0.29) is 18.7 Å². The van der Waals surface area contributed by atoms with Crippen LogP contribution >= 0.6 is 0 Å². The lowest BCUT2D eigenvalue weighted by Crippen LogP contribution is -2.35. The highest BCUT2D eigenvalue weighted by molar-refractivity contribution is 5.72. The van der Waals surface area contributed by atoms with E-state index in [4.69, 9.17) is 4.74 Å². The number of aliphatic hydroxyl groups is 1. The van der Waals surface area contributed by atoms with Crippen molar-refractivity contribution in [3.8, 4) is 0 Å². The van der Waals surface area contributed by atoms with E-state index in [1.54, 1.807) is 11.1 Å². The van der Waals surface area contributed by atoms with Crippen molar-refractivity contribution in [3.63, 3.8) is 0 Å². The molecule has 1 atom stereocenters. The molecule has 3 heterocycles. The predicted molar refractivity (Wildman–Crippen MR) is 84.9 cm³/mol. The van der Waals surface area contributed by atoms with Gasteiger partial charge in [0.15, 0.2) is 5.65 Å². The maximum absolute atomic E-state index is 12.2. The van der Waals surface area contributed by atoms with Gasteiger partial charge in [-0.25, -0.2) is 14.8 Å². The molecule has 1 amide bonds. The van der Waals surface area contributed by atoms with Crippen molar-refractivity contribution >= 4 is 17.3 Å². The lowest BCUT2D eigenvalue weighted by Gasteiger charge is -2.24. The first-order chi connectivity index (χ1) is 10.9. The van der Waals surface area contributed by atoms with Gasteiger partial charge in [0.1, 0.15) is 23.5 Å². The third-order valence-corrected chi connectivity index (χ3v) is 3.84. The summed E-state index contributed by atoms with van der Waals surface area (Å²) in [5.74, 6) is 0.578. The van der Waals surface area contributed by atoms with E-state index in [9.17, 15) is 9.90 Å². The van der Waals surface area contributed by atoms with Gasteiger partial charge in [-0.15, -0.1) is 0 Å². The molecule has 1 aliphatic rings. The summed E-state index contributed by atoms with van der Waals surface area (Å²) < 4.78 is 7.37. The smallest absolute Gasteiger partial charge is 0.410 e. The average Bonchev–Trinajstić information content (AvgIpc) is 3.09. The largest absolute Gasteiger partial charge is 0.444 e. The minimum absolute atomic E-state index is 0.0459. The SMILES string of the molecule is CC(C)(C)OC(=O)N1CCC(n2c(CO)nc3cccnc32)C1. The molecule has 1 fully saturated rings. The van der Waals surface area contributed by atoms with E-state index in [1.807, 2.05) is 37.5 Å². The summed E-state index contributed by atoms with van der Waals surface area (Å²) in [6, 6.07) is 3.74. The van der Waals surface area contributed by atoms with Gasteiger partial charge in [0, 0.05) is 19.3 Å². The summed E-state index contributed by atoms with van der Waals surface area (Å²) >= 11 is 0. The lowest BCUT2D eigenvalue weighted by atomic mass is 10.2. The van der Waals surface area contributed by atoms with E-state index in [2.05, 4.69) is 9.97 Å². The molecule has 0 spiro atoms. The van der Waals surface area contributed by atoms with E-state index in [1.165, 1.54) is 0 Å². The van der Waals surface area contributed by atoms with Gasteiger partial charge >= 0.3 is 6.09 Å². The quantitative estimate of drug-likeness (QED) is 0.917. The second kappa shape index (κ2) is 5.81. The third kappa shape index (κ3) is 3.14. The Morgan fingerprint density at radius 1 is 1.48 bits per heavy atom. The molecule has 2 aromatic rings. The Balaban J connectivity index is 1.83. The number of likely N-dealkylation sites (tertiary alicyclic amines) is 1. The molecular formula is C16H22N4O3. The molecule has 124 valence electrons. The van der Waals surface area contributed by atoms with E-state index in [0.29, 0.717) is 18.9 Å². The summed E-state index contributed by atoms with van der Waals surface area (Å²) in [6.07, 6.45) is 2.19. The molecule has 7 heteroatoms. The van der Waals surface area contributed by atoms with Crippen LogP contribution in [0.3, 0.4) is 0 Å². The molecule has 1 aliphatic heterocycles. The number of hydrogen-bond acceptors (Lipinski definition) is 5. The molecule has 0 radical (unpaired) electrons. The van der Waals surface area contributed by atoms with Crippen molar-refractivity contribution in [3.05, 3.63) is 24.2 Å². The zero-order valence-corrected chi connectivity index (χ0v) is 13.7. The molecule has 3 rings (SSSR count). The third-order valence-electron chi connectivity index (χ3n) is 3.84.